The van der Waals surface area contributed by atoms with Gasteiger partial charge in [-0.15, -0.1) is 0 Å². The van der Waals surface area contributed by atoms with Crippen molar-refractivity contribution in [1.82, 2.24) is 4.90 Å². The molecule has 0 atom stereocenters. The van der Waals surface area contributed by atoms with Gasteiger partial charge < -0.3 is 9.64 Å². The quantitative estimate of drug-likeness (QED) is 0.536. The Morgan fingerprint density at radius 3 is 2.38 bits per heavy atom. The third-order valence-electron chi connectivity index (χ3n) is 3.71. The summed E-state index contributed by atoms with van der Waals surface area (Å²) < 4.78 is 5.45. The van der Waals surface area contributed by atoms with Gasteiger partial charge in [0.1, 0.15) is 5.75 Å². The lowest BCUT2D eigenvalue weighted by atomic mass is 10.1. The largest absolute Gasteiger partial charge is 0.484 e. The van der Waals surface area contributed by atoms with E-state index in [-0.39, 0.29) is 18.2 Å². The Bertz CT molecular complexity index is 795. The first-order valence-electron chi connectivity index (χ1n) is 8.17. The van der Waals surface area contributed by atoms with E-state index in [1.807, 2.05) is 19.1 Å². The van der Waals surface area contributed by atoms with E-state index >= 15 is 0 Å². The Morgan fingerprint density at radius 1 is 1.19 bits per heavy atom. The minimum atomic E-state index is -0.491. The molecule has 0 unspecified atom stereocenters. The van der Waals surface area contributed by atoms with Crippen molar-refractivity contribution in [2.24, 2.45) is 0 Å². The van der Waals surface area contributed by atoms with Crippen LogP contribution in [0.3, 0.4) is 0 Å². The fraction of sp³-hybridized carbons (Fsp3) is 0.263. The molecule has 2 aromatic rings. The van der Waals surface area contributed by atoms with Crippen molar-refractivity contribution < 1.29 is 14.5 Å². The van der Waals surface area contributed by atoms with Crippen LogP contribution in [0.5, 0.6) is 5.75 Å². The standard InChI is InChI=1S/C19H19N3O4/c1-2-11-21(13-16-5-3-15(12-20)4-6-16)19(23)14-26-18-9-7-17(8-10-18)22(24)25/h3-10H,2,11,13-14H2,1H3. The van der Waals surface area contributed by atoms with Gasteiger partial charge in [0.15, 0.2) is 6.61 Å². The molecule has 0 aliphatic heterocycles. The highest BCUT2D eigenvalue weighted by atomic mass is 16.6. The molecule has 0 N–H and O–H groups in total. The number of benzene rings is 2. The summed E-state index contributed by atoms with van der Waals surface area (Å²) >= 11 is 0. The van der Waals surface area contributed by atoms with Gasteiger partial charge in [-0.3, -0.25) is 14.9 Å². The van der Waals surface area contributed by atoms with Crippen LogP contribution in [0.25, 0.3) is 0 Å². The topological polar surface area (TPSA) is 96.5 Å². The predicted octanol–water partition coefficient (Wildman–Crippen LogP) is 3.28. The SMILES string of the molecule is CCCN(Cc1ccc(C#N)cc1)C(=O)COc1ccc([N+](=O)[O-])cc1. The highest BCUT2D eigenvalue weighted by Gasteiger charge is 2.14. The Kier molecular flexibility index (Phi) is 6.68. The maximum Gasteiger partial charge on any atom is 0.269 e. The zero-order valence-electron chi connectivity index (χ0n) is 14.4. The number of nitro groups is 1. The molecule has 0 heterocycles. The molecule has 2 aromatic carbocycles. The van der Waals surface area contributed by atoms with Crippen molar-refractivity contribution in [1.29, 1.82) is 5.26 Å². The average molecular weight is 353 g/mol. The molecule has 7 heteroatoms. The second-order valence-electron chi connectivity index (χ2n) is 5.66. The lowest BCUT2D eigenvalue weighted by Gasteiger charge is -2.22. The molecular formula is C19H19N3O4. The van der Waals surface area contributed by atoms with Crippen LogP contribution in [0.1, 0.15) is 24.5 Å². The lowest BCUT2D eigenvalue weighted by Crippen LogP contribution is -2.35. The number of nitriles is 1. The van der Waals surface area contributed by atoms with Crippen LogP contribution in [0.15, 0.2) is 48.5 Å². The first-order chi connectivity index (χ1) is 12.5. The summed E-state index contributed by atoms with van der Waals surface area (Å²) in [6, 6.07) is 14.8. The number of non-ortho nitro benzene ring substituents is 1. The number of ether oxygens (including phenoxy) is 1. The molecule has 7 nitrogen and oxygen atoms in total. The number of amides is 1. The minimum Gasteiger partial charge on any atom is -0.484 e. The number of hydrogen-bond acceptors (Lipinski definition) is 5. The summed E-state index contributed by atoms with van der Waals surface area (Å²) in [5.41, 5.74) is 1.47. The van der Waals surface area contributed by atoms with Crippen LogP contribution in [0, 0.1) is 21.4 Å². The Balaban J connectivity index is 1.96. The molecule has 0 spiro atoms. The second-order valence-corrected chi connectivity index (χ2v) is 5.66. The van der Waals surface area contributed by atoms with Gasteiger partial charge >= 0.3 is 0 Å². The third kappa shape index (κ3) is 5.31. The molecule has 1 amide bonds. The number of rotatable bonds is 8. The molecular weight excluding hydrogens is 334 g/mol. The number of nitrogens with zero attached hydrogens (tertiary/aromatic N) is 3. The lowest BCUT2D eigenvalue weighted by molar-refractivity contribution is -0.384. The summed E-state index contributed by atoms with van der Waals surface area (Å²) in [5.74, 6) is 0.230. The normalized spacial score (nSPS) is 10.0. The van der Waals surface area contributed by atoms with E-state index < -0.39 is 4.92 Å². The third-order valence-corrected chi connectivity index (χ3v) is 3.71. The van der Waals surface area contributed by atoms with E-state index in [9.17, 15) is 14.9 Å². The molecule has 0 saturated heterocycles. The maximum absolute atomic E-state index is 12.4. The molecule has 0 aromatic heterocycles. The van der Waals surface area contributed by atoms with Crippen molar-refractivity contribution >= 4 is 11.6 Å². The summed E-state index contributed by atoms with van der Waals surface area (Å²) in [5, 5.41) is 19.5. The summed E-state index contributed by atoms with van der Waals surface area (Å²) in [7, 11) is 0. The molecule has 0 saturated carbocycles. The van der Waals surface area contributed by atoms with Crippen molar-refractivity contribution in [3.05, 3.63) is 69.8 Å². The Hall–Kier alpha value is -3.40. The highest BCUT2D eigenvalue weighted by Crippen LogP contribution is 2.17. The van der Waals surface area contributed by atoms with E-state index in [2.05, 4.69) is 6.07 Å². The van der Waals surface area contributed by atoms with Crippen LogP contribution < -0.4 is 4.74 Å². The van der Waals surface area contributed by atoms with Gasteiger partial charge in [0.25, 0.3) is 11.6 Å². The number of carbonyl (C=O) groups is 1. The number of hydrogen-bond donors (Lipinski definition) is 0. The zero-order valence-corrected chi connectivity index (χ0v) is 14.4. The maximum atomic E-state index is 12.4. The van der Waals surface area contributed by atoms with E-state index in [4.69, 9.17) is 10.00 Å². The fourth-order valence-electron chi connectivity index (χ4n) is 2.37. The molecule has 0 aliphatic carbocycles. The van der Waals surface area contributed by atoms with Crippen LogP contribution in [0.2, 0.25) is 0 Å². The second kappa shape index (κ2) is 9.18. The summed E-state index contributed by atoms with van der Waals surface area (Å²) in [4.78, 5) is 24.3. The van der Waals surface area contributed by atoms with Crippen LogP contribution in [-0.4, -0.2) is 28.9 Å². The van der Waals surface area contributed by atoms with E-state index in [0.717, 1.165) is 12.0 Å². The Labute approximate surface area is 151 Å². The molecule has 0 bridgehead atoms. The molecule has 134 valence electrons. The van der Waals surface area contributed by atoms with Crippen molar-refractivity contribution in [3.63, 3.8) is 0 Å². The predicted molar refractivity (Wildman–Crippen MR) is 95.5 cm³/mol. The van der Waals surface area contributed by atoms with Gasteiger partial charge in [0.2, 0.25) is 0 Å². The van der Waals surface area contributed by atoms with E-state index in [0.29, 0.717) is 24.4 Å². The molecule has 2 rings (SSSR count). The summed E-state index contributed by atoms with van der Waals surface area (Å²) in [6.45, 7) is 2.86. The first kappa shape index (κ1) is 18.9. The van der Waals surface area contributed by atoms with Crippen LogP contribution in [-0.2, 0) is 11.3 Å². The molecule has 26 heavy (non-hydrogen) atoms. The van der Waals surface area contributed by atoms with Gasteiger partial charge in [-0.05, 0) is 36.2 Å². The van der Waals surface area contributed by atoms with Crippen LogP contribution in [0.4, 0.5) is 5.69 Å². The first-order valence-corrected chi connectivity index (χ1v) is 8.17. The molecule has 0 fully saturated rings. The summed E-state index contributed by atoms with van der Waals surface area (Å²) in [6.07, 6.45) is 0.805. The average Bonchev–Trinajstić information content (AvgIpc) is 2.66. The smallest absolute Gasteiger partial charge is 0.269 e. The van der Waals surface area contributed by atoms with Crippen molar-refractivity contribution in [2.45, 2.75) is 19.9 Å². The van der Waals surface area contributed by atoms with Gasteiger partial charge in [0.05, 0.1) is 16.6 Å². The molecule has 0 radical (unpaired) electrons. The fourth-order valence-corrected chi connectivity index (χ4v) is 2.37. The van der Waals surface area contributed by atoms with Gasteiger partial charge in [-0.1, -0.05) is 19.1 Å². The Morgan fingerprint density at radius 2 is 1.85 bits per heavy atom. The van der Waals surface area contributed by atoms with Gasteiger partial charge in [-0.25, -0.2) is 0 Å². The highest BCUT2D eigenvalue weighted by molar-refractivity contribution is 5.77. The number of nitro benzene ring substituents is 1. The zero-order chi connectivity index (χ0) is 18.9. The monoisotopic (exact) mass is 353 g/mol. The number of carbonyl (C=O) groups excluding carboxylic acids is 1. The van der Waals surface area contributed by atoms with Crippen LogP contribution >= 0.6 is 0 Å². The minimum absolute atomic E-state index is 0.0305. The van der Waals surface area contributed by atoms with E-state index in [1.165, 1.54) is 24.3 Å². The van der Waals surface area contributed by atoms with Crippen molar-refractivity contribution in [2.75, 3.05) is 13.2 Å². The van der Waals surface area contributed by atoms with Crippen molar-refractivity contribution in [3.8, 4) is 11.8 Å². The van der Waals surface area contributed by atoms with E-state index in [1.54, 1.807) is 17.0 Å². The van der Waals surface area contributed by atoms with Gasteiger partial charge in [0, 0.05) is 25.2 Å². The molecule has 0 aliphatic rings. The van der Waals surface area contributed by atoms with Gasteiger partial charge in [-0.2, -0.15) is 5.26 Å².